The van der Waals surface area contributed by atoms with Crippen LogP contribution in [0.15, 0.2) is 97.6 Å². The molecule has 27 heavy (non-hydrogen) atoms. The molecule has 0 bridgehead atoms. The maximum atomic E-state index is 3.86. The lowest BCUT2D eigenvalue weighted by molar-refractivity contribution is -0.903. The molecule has 0 radical (unpaired) electrons. The zero-order chi connectivity index (χ0) is 19.1. The lowest BCUT2D eigenvalue weighted by Gasteiger charge is -2.30. The fourth-order valence-electron chi connectivity index (χ4n) is 3.41. The highest BCUT2D eigenvalue weighted by Crippen LogP contribution is 2.34. The molecule has 3 aromatic rings. The van der Waals surface area contributed by atoms with Crippen molar-refractivity contribution < 1.29 is 4.48 Å². The molecule has 0 aliphatic heterocycles. The first-order chi connectivity index (χ1) is 13.1. The fourth-order valence-corrected chi connectivity index (χ4v) is 3.41. The highest BCUT2D eigenvalue weighted by Gasteiger charge is 2.17. The van der Waals surface area contributed by atoms with Gasteiger partial charge >= 0.3 is 0 Å². The van der Waals surface area contributed by atoms with E-state index in [2.05, 4.69) is 111 Å². The summed E-state index contributed by atoms with van der Waals surface area (Å²) < 4.78 is 0.951. The molecule has 0 fully saturated rings. The van der Waals surface area contributed by atoms with E-state index in [0.29, 0.717) is 0 Å². The second-order valence-corrected chi connectivity index (χ2v) is 7.57. The third kappa shape index (κ3) is 5.08. The van der Waals surface area contributed by atoms with Crippen LogP contribution in [-0.4, -0.2) is 25.1 Å². The van der Waals surface area contributed by atoms with Crippen molar-refractivity contribution in [1.29, 1.82) is 0 Å². The number of hydrogen-bond acceptors (Lipinski definition) is 1. The van der Waals surface area contributed by atoms with Gasteiger partial charge in [-0.15, -0.1) is 6.58 Å². The van der Waals surface area contributed by atoms with E-state index in [-0.39, 0.29) is 0 Å². The first-order valence-electron chi connectivity index (χ1n) is 9.51. The van der Waals surface area contributed by atoms with Gasteiger partial charge in [-0.1, -0.05) is 54.6 Å². The van der Waals surface area contributed by atoms with Gasteiger partial charge in [-0.05, 0) is 36.4 Å². The Hall–Kier alpha value is -2.84. The van der Waals surface area contributed by atoms with Crippen LogP contribution in [0, 0.1) is 0 Å². The number of hydrogen-bond donors (Lipinski definition) is 0. The summed E-state index contributed by atoms with van der Waals surface area (Å²) in [6.45, 7) is 5.95. The molecule has 0 spiro atoms. The average Bonchev–Trinajstić information content (AvgIpc) is 2.68. The zero-order valence-corrected chi connectivity index (χ0v) is 16.4. The summed E-state index contributed by atoms with van der Waals surface area (Å²) in [6.07, 6.45) is 3.04. The second kappa shape index (κ2) is 8.70. The van der Waals surface area contributed by atoms with Crippen molar-refractivity contribution in [3.8, 4) is 0 Å². The Morgan fingerprint density at radius 2 is 1.33 bits per heavy atom. The molecule has 3 aromatic carbocycles. The minimum Gasteiger partial charge on any atom is -0.324 e. The van der Waals surface area contributed by atoms with E-state index in [1.807, 2.05) is 6.08 Å². The highest BCUT2D eigenvalue weighted by atomic mass is 15.3. The molecule has 2 nitrogen and oxygen atoms in total. The Kier molecular flexibility index (Phi) is 6.10. The summed E-state index contributed by atoms with van der Waals surface area (Å²) in [6, 6.07) is 30.0. The van der Waals surface area contributed by atoms with Crippen LogP contribution in [0.2, 0.25) is 0 Å². The minimum absolute atomic E-state index is 0.951. The predicted octanol–water partition coefficient (Wildman–Crippen LogP) is 6.31. The molecule has 138 valence electrons. The van der Waals surface area contributed by atoms with Gasteiger partial charge in [0.1, 0.15) is 6.54 Å². The van der Waals surface area contributed by atoms with E-state index in [1.54, 1.807) is 0 Å². The Morgan fingerprint density at radius 1 is 0.778 bits per heavy atom. The van der Waals surface area contributed by atoms with Gasteiger partial charge in [0.2, 0.25) is 0 Å². The zero-order valence-electron chi connectivity index (χ0n) is 16.4. The molecule has 0 atom stereocenters. The first-order valence-corrected chi connectivity index (χ1v) is 9.51. The second-order valence-electron chi connectivity index (χ2n) is 7.57. The Bertz CT molecular complexity index is 814. The number of para-hydroxylation sites is 2. The van der Waals surface area contributed by atoms with Crippen LogP contribution in [0.1, 0.15) is 12.0 Å². The van der Waals surface area contributed by atoms with Gasteiger partial charge in [0.15, 0.2) is 0 Å². The molecule has 3 rings (SSSR count). The molecule has 0 amide bonds. The van der Waals surface area contributed by atoms with Gasteiger partial charge in [0.25, 0.3) is 0 Å². The van der Waals surface area contributed by atoms with Crippen molar-refractivity contribution in [3.05, 3.63) is 103 Å². The number of nitrogens with zero attached hydrogens (tertiary/aromatic N) is 2. The maximum Gasteiger partial charge on any atom is 0.104 e. The van der Waals surface area contributed by atoms with Crippen LogP contribution < -0.4 is 4.90 Å². The molecule has 0 saturated heterocycles. The van der Waals surface area contributed by atoms with E-state index >= 15 is 0 Å². The van der Waals surface area contributed by atoms with Gasteiger partial charge in [-0.3, -0.25) is 0 Å². The lowest BCUT2D eigenvalue weighted by atomic mass is 10.1. The van der Waals surface area contributed by atoms with Crippen molar-refractivity contribution in [2.24, 2.45) is 0 Å². The van der Waals surface area contributed by atoms with Gasteiger partial charge in [0.05, 0.1) is 20.6 Å². The van der Waals surface area contributed by atoms with Crippen LogP contribution >= 0.6 is 0 Å². The van der Waals surface area contributed by atoms with Crippen LogP contribution in [0.3, 0.4) is 0 Å². The third-order valence-corrected chi connectivity index (χ3v) is 4.75. The molecule has 0 aliphatic carbocycles. The summed E-state index contributed by atoms with van der Waals surface area (Å²) in [5.41, 5.74) is 4.87. The number of anilines is 3. The smallest absolute Gasteiger partial charge is 0.104 e. The van der Waals surface area contributed by atoms with Crippen LogP contribution in [-0.2, 0) is 6.54 Å². The van der Waals surface area contributed by atoms with Crippen molar-refractivity contribution in [3.63, 3.8) is 0 Å². The summed E-state index contributed by atoms with van der Waals surface area (Å²) in [7, 11) is 4.56. The summed E-state index contributed by atoms with van der Waals surface area (Å²) in [4.78, 5) is 2.31. The number of quaternary nitrogens is 1. The summed E-state index contributed by atoms with van der Waals surface area (Å²) in [5.74, 6) is 0. The van der Waals surface area contributed by atoms with Crippen molar-refractivity contribution in [1.82, 2.24) is 0 Å². The largest absolute Gasteiger partial charge is 0.324 e. The molecule has 0 aromatic heterocycles. The Labute approximate surface area is 163 Å². The fraction of sp³-hybridized carbons (Fsp3) is 0.200. The summed E-state index contributed by atoms with van der Waals surface area (Å²) >= 11 is 0. The molecular formula is C25H29N2+. The normalized spacial score (nSPS) is 11.2. The lowest BCUT2D eigenvalue weighted by Crippen LogP contribution is -2.39. The molecule has 0 aliphatic rings. The van der Waals surface area contributed by atoms with E-state index in [4.69, 9.17) is 0 Å². The van der Waals surface area contributed by atoms with Gasteiger partial charge in [-0.25, -0.2) is 0 Å². The topological polar surface area (TPSA) is 3.24 Å². The van der Waals surface area contributed by atoms with Crippen LogP contribution in [0.5, 0.6) is 0 Å². The Morgan fingerprint density at radius 3 is 1.89 bits per heavy atom. The van der Waals surface area contributed by atoms with Gasteiger partial charge in [-0.2, -0.15) is 0 Å². The average molecular weight is 358 g/mol. The minimum atomic E-state index is 0.951. The SMILES string of the molecule is C=CCC[N+](C)(C)Cc1cccc(N(c2ccccc2)c2ccccc2)c1. The molecular weight excluding hydrogens is 328 g/mol. The molecule has 0 saturated carbocycles. The predicted molar refractivity (Wildman–Crippen MR) is 117 cm³/mol. The highest BCUT2D eigenvalue weighted by molar-refractivity contribution is 5.76. The third-order valence-electron chi connectivity index (χ3n) is 4.75. The van der Waals surface area contributed by atoms with Crippen molar-refractivity contribution in [2.75, 3.05) is 25.5 Å². The van der Waals surface area contributed by atoms with E-state index in [9.17, 15) is 0 Å². The number of rotatable bonds is 8. The monoisotopic (exact) mass is 357 g/mol. The molecule has 0 unspecified atom stereocenters. The standard InChI is InChI=1S/C25H29N2/c1-4-5-19-27(2,3)21-22-13-12-18-25(20-22)26(23-14-8-6-9-15-23)24-16-10-7-11-17-24/h4,6-18,20H,1,5,19,21H2,2-3H3/q+1. The van der Waals surface area contributed by atoms with Gasteiger partial charge < -0.3 is 9.38 Å². The van der Waals surface area contributed by atoms with Crippen LogP contribution in [0.25, 0.3) is 0 Å². The maximum absolute atomic E-state index is 3.86. The molecule has 0 heterocycles. The Balaban J connectivity index is 1.95. The van der Waals surface area contributed by atoms with Crippen molar-refractivity contribution >= 4 is 17.1 Å². The summed E-state index contributed by atoms with van der Waals surface area (Å²) in [5, 5.41) is 0. The molecule has 0 N–H and O–H groups in total. The molecule has 2 heteroatoms. The van der Waals surface area contributed by atoms with E-state index in [0.717, 1.165) is 24.0 Å². The first kappa shape index (κ1) is 18.9. The van der Waals surface area contributed by atoms with Crippen molar-refractivity contribution in [2.45, 2.75) is 13.0 Å². The quantitative estimate of drug-likeness (QED) is 0.337. The van der Waals surface area contributed by atoms with Gasteiger partial charge in [0, 0.05) is 29.0 Å². The van der Waals surface area contributed by atoms with E-state index < -0.39 is 0 Å². The number of benzene rings is 3. The van der Waals surface area contributed by atoms with E-state index in [1.165, 1.54) is 22.6 Å². The van der Waals surface area contributed by atoms with Crippen LogP contribution in [0.4, 0.5) is 17.1 Å².